The third kappa shape index (κ3) is 4.84. The number of nitriles is 1. The summed E-state index contributed by atoms with van der Waals surface area (Å²) in [5.74, 6) is -3.12. The van der Waals surface area contributed by atoms with Crippen LogP contribution in [0.1, 0.15) is 27.9 Å². The third-order valence-electron chi connectivity index (χ3n) is 5.72. The first-order valence-electron chi connectivity index (χ1n) is 10.9. The van der Waals surface area contributed by atoms with Crippen molar-refractivity contribution in [3.8, 4) is 11.8 Å². The van der Waals surface area contributed by atoms with E-state index < -0.39 is 67.6 Å². The second-order valence-electron chi connectivity index (χ2n) is 8.09. The van der Waals surface area contributed by atoms with Gasteiger partial charge in [0.05, 0.1) is 27.6 Å². The van der Waals surface area contributed by atoms with E-state index in [4.69, 9.17) is 0 Å². The molecule has 0 atom stereocenters. The monoisotopic (exact) mass is 580 g/mol. The van der Waals surface area contributed by atoms with Crippen molar-refractivity contribution in [2.45, 2.75) is 13.1 Å². The number of rotatable bonds is 5. The minimum atomic E-state index is -5.08. The van der Waals surface area contributed by atoms with Gasteiger partial charge in [0, 0.05) is 17.8 Å². The molecule has 0 unspecified atom stereocenters. The van der Waals surface area contributed by atoms with Crippen molar-refractivity contribution in [1.29, 1.82) is 5.26 Å². The molecule has 2 aromatic carbocycles. The number of carbonyl (C=O) groups excluding carboxylic acids is 1. The Bertz CT molecular complexity index is 1880. The van der Waals surface area contributed by atoms with Gasteiger partial charge in [-0.05, 0) is 36.6 Å². The van der Waals surface area contributed by atoms with E-state index >= 15 is 4.39 Å². The lowest BCUT2D eigenvalue weighted by molar-refractivity contribution is -0.144. The van der Waals surface area contributed by atoms with Gasteiger partial charge < -0.3 is 0 Å². The number of thiophene rings is 1. The van der Waals surface area contributed by atoms with Crippen LogP contribution in [0.4, 0.5) is 23.2 Å². The lowest BCUT2D eigenvalue weighted by Gasteiger charge is -2.23. The number of halogens is 4. The second kappa shape index (κ2) is 9.79. The number of aromatic nitrogens is 2. The number of hydrogen-bond acceptors (Lipinski definition) is 7. The molecule has 0 saturated heterocycles. The van der Waals surface area contributed by atoms with Crippen LogP contribution in [-0.2, 0) is 23.2 Å². The Balaban J connectivity index is 2.01. The molecule has 0 saturated carbocycles. The van der Waals surface area contributed by atoms with Gasteiger partial charge in [0.25, 0.3) is 11.5 Å². The topological polar surface area (TPSA) is 122 Å². The predicted octanol–water partition coefficient (Wildman–Crippen LogP) is 3.78. The standard InChI is InChI=1S/C24H16F4N4O5S2/c1-3-39(36,37)32(22(34)19-9-13-6-4-5-7-18(13)38-19)16-10-17(15(25)8-14(16)12-29)31-21(33)11-20(24(26,27)28)30(2)23(31)35/h4-11H,3H2,1-2H3. The highest BCUT2D eigenvalue weighted by Gasteiger charge is 2.36. The van der Waals surface area contributed by atoms with Gasteiger partial charge in [-0.2, -0.15) is 18.4 Å². The fraction of sp³-hybridized carbons (Fsp3) is 0.167. The Labute approximate surface area is 221 Å². The van der Waals surface area contributed by atoms with E-state index in [-0.39, 0.29) is 24.4 Å². The number of hydrogen-bond donors (Lipinski definition) is 0. The van der Waals surface area contributed by atoms with Crippen LogP contribution in [0.15, 0.2) is 58.1 Å². The van der Waals surface area contributed by atoms with Crippen molar-refractivity contribution in [1.82, 2.24) is 9.13 Å². The molecule has 0 fully saturated rings. The quantitative estimate of drug-likeness (QED) is 0.331. The van der Waals surface area contributed by atoms with Gasteiger partial charge >= 0.3 is 11.9 Å². The molecule has 4 rings (SSSR count). The van der Waals surface area contributed by atoms with Crippen molar-refractivity contribution in [3.05, 3.63) is 91.3 Å². The van der Waals surface area contributed by atoms with Crippen LogP contribution in [0.5, 0.6) is 0 Å². The SMILES string of the molecule is CCS(=O)(=O)N(C(=O)c1cc2ccccc2s1)c1cc(-n2c(=O)cc(C(F)(F)F)n(C)c2=O)c(F)cc1C#N. The first kappa shape index (κ1) is 27.7. The lowest BCUT2D eigenvalue weighted by atomic mass is 10.1. The molecule has 0 aliphatic rings. The average Bonchev–Trinajstić information content (AvgIpc) is 3.31. The maximum atomic E-state index is 15.1. The van der Waals surface area contributed by atoms with Gasteiger partial charge in [-0.3, -0.25) is 14.2 Å². The Morgan fingerprint density at radius 2 is 1.79 bits per heavy atom. The number of carbonyl (C=O) groups is 1. The Morgan fingerprint density at radius 3 is 2.38 bits per heavy atom. The van der Waals surface area contributed by atoms with Crippen molar-refractivity contribution < 1.29 is 30.8 Å². The molecule has 2 heterocycles. The van der Waals surface area contributed by atoms with Crippen LogP contribution >= 0.6 is 11.3 Å². The average molecular weight is 581 g/mol. The molecule has 4 aromatic rings. The Kier molecular flexibility index (Phi) is 6.96. The van der Waals surface area contributed by atoms with Gasteiger partial charge in [0.15, 0.2) is 0 Å². The van der Waals surface area contributed by atoms with Crippen molar-refractivity contribution in [2.24, 2.45) is 7.05 Å². The minimum Gasteiger partial charge on any atom is -0.292 e. The zero-order chi connectivity index (χ0) is 28.9. The number of amides is 1. The number of anilines is 1. The summed E-state index contributed by atoms with van der Waals surface area (Å²) in [7, 11) is -3.79. The van der Waals surface area contributed by atoms with Crippen LogP contribution in [0.3, 0.4) is 0 Å². The number of alkyl halides is 3. The van der Waals surface area contributed by atoms with E-state index in [1.54, 1.807) is 30.3 Å². The molecule has 39 heavy (non-hydrogen) atoms. The number of nitrogens with zero attached hydrogens (tertiary/aromatic N) is 4. The van der Waals surface area contributed by atoms with E-state index in [1.165, 1.54) is 13.0 Å². The van der Waals surface area contributed by atoms with Crippen molar-refractivity contribution in [3.63, 3.8) is 0 Å². The van der Waals surface area contributed by atoms with Gasteiger partial charge in [-0.25, -0.2) is 26.5 Å². The number of benzene rings is 2. The van der Waals surface area contributed by atoms with E-state index in [0.717, 1.165) is 11.3 Å². The first-order chi connectivity index (χ1) is 18.2. The zero-order valence-electron chi connectivity index (χ0n) is 20.0. The molecule has 0 aliphatic carbocycles. The first-order valence-corrected chi connectivity index (χ1v) is 13.3. The third-order valence-corrected chi connectivity index (χ3v) is 8.47. The summed E-state index contributed by atoms with van der Waals surface area (Å²) < 4.78 is 82.2. The molecule has 0 bridgehead atoms. The molecule has 1 amide bonds. The summed E-state index contributed by atoms with van der Waals surface area (Å²) in [6.45, 7) is 1.22. The number of fused-ring (bicyclic) bond motifs is 1. The molecule has 15 heteroatoms. The minimum absolute atomic E-state index is 0.0504. The number of sulfonamides is 1. The summed E-state index contributed by atoms with van der Waals surface area (Å²) in [6.07, 6.45) is -5.08. The maximum absolute atomic E-state index is 15.1. The fourth-order valence-corrected chi connectivity index (χ4v) is 5.91. The highest BCUT2D eigenvalue weighted by atomic mass is 32.2. The van der Waals surface area contributed by atoms with Crippen LogP contribution in [0.25, 0.3) is 15.8 Å². The highest BCUT2D eigenvalue weighted by molar-refractivity contribution is 7.93. The molecular formula is C24H16F4N4O5S2. The van der Waals surface area contributed by atoms with E-state index in [1.807, 2.05) is 0 Å². The fourth-order valence-electron chi connectivity index (χ4n) is 3.80. The second-order valence-corrected chi connectivity index (χ2v) is 11.3. The normalized spacial score (nSPS) is 11.9. The van der Waals surface area contributed by atoms with E-state index in [0.29, 0.717) is 29.3 Å². The van der Waals surface area contributed by atoms with Crippen LogP contribution in [0.2, 0.25) is 0 Å². The summed E-state index contributed by atoms with van der Waals surface area (Å²) >= 11 is 0.955. The van der Waals surface area contributed by atoms with Crippen molar-refractivity contribution >= 4 is 43.0 Å². The smallest absolute Gasteiger partial charge is 0.292 e. The lowest BCUT2D eigenvalue weighted by Crippen LogP contribution is -2.41. The molecule has 0 radical (unpaired) electrons. The summed E-state index contributed by atoms with van der Waals surface area (Å²) in [4.78, 5) is 38.8. The van der Waals surface area contributed by atoms with Crippen molar-refractivity contribution in [2.75, 3.05) is 10.1 Å². The zero-order valence-corrected chi connectivity index (χ0v) is 21.6. The van der Waals surface area contributed by atoms with Gasteiger partial charge in [-0.15, -0.1) is 11.3 Å². The predicted molar refractivity (Wildman–Crippen MR) is 135 cm³/mol. The highest BCUT2D eigenvalue weighted by Crippen LogP contribution is 2.33. The molecule has 0 N–H and O–H groups in total. The Hall–Kier alpha value is -4.29. The summed E-state index contributed by atoms with van der Waals surface area (Å²) in [6, 6.07) is 10.9. The molecule has 0 aliphatic heterocycles. The van der Waals surface area contributed by atoms with Gasteiger partial charge in [-0.1, -0.05) is 18.2 Å². The molecular weight excluding hydrogens is 564 g/mol. The van der Waals surface area contributed by atoms with E-state index in [2.05, 4.69) is 0 Å². The van der Waals surface area contributed by atoms with Crippen LogP contribution in [-0.4, -0.2) is 29.2 Å². The summed E-state index contributed by atoms with van der Waals surface area (Å²) in [5.41, 5.74) is -7.04. The summed E-state index contributed by atoms with van der Waals surface area (Å²) in [5, 5.41) is 10.3. The van der Waals surface area contributed by atoms with Gasteiger partial charge in [0.2, 0.25) is 10.0 Å². The van der Waals surface area contributed by atoms with Gasteiger partial charge in [0.1, 0.15) is 17.6 Å². The van der Waals surface area contributed by atoms with Crippen LogP contribution < -0.4 is 15.6 Å². The van der Waals surface area contributed by atoms with E-state index in [9.17, 15) is 41.2 Å². The maximum Gasteiger partial charge on any atom is 0.431 e. The molecule has 0 spiro atoms. The molecule has 202 valence electrons. The Morgan fingerprint density at radius 1 is 1.13 bits per heavy atom. The van der Waals surface area contributed by atoms with Crippen LogP contribution in [0, 0.1) is 17.1 Å². The molecule has 9 nitrogen and oxygen atoms in total. The largest absolute Gasteiger partial charge is 0.431 e. The molecule has 2 aromatic heterocycles.